The fourth-order valence-corrected chi connectivity index (χ4v) is 14.4. The number of aromatic nitrogens is 1. The molecule has 0 saturated heterocycles. The molecule has 0 saturated carbocycles. The highest BCUT2D eigenvalue weighted by molar-refractivity contribution is 7.00. The molecule has 0 atom stereocenters. The van der Waals surface area contributed by atoms with Gasteiger partial charge >= 0.3 is 0 Å². The summed E-state index contributed by atoms with van der Waals surface area (Å²) in [5.74, 6) is 0. The highest BCUT2D eigenvalue weighted by atomic mass is 16.3. The van der Waals surface area contributed by atoms with E-state index in [4.69, 9.17) is 4.42 Å². The third-order valence-electron chi connectivity index (χ3n) is 18.6. The van der Waals surface area contributed by atoms with Gasteiger partial charge in [-0.1, -0.05) is 238 Å². The first-order valence-corrected chi connectivity index (χ1v) is 29.9. The molecule has 16 rings (SSSR count). The van der Waals surface area contributed by atoms with Crippen molar-refractivity contribution in [2.45, 2.75) is 78.6 Å². The van der Waals surface area contributed by atoms with E-state index in [1.165, 1.54) is 121 Å². The molecule has 0 unspecified atom stereocenters. The van der Waals surface area contributed by atoms with Crippen LogP contribution in [0.5, 0.6) is 0 Å². The minimum absolute atomic E-state index is 0.0336. The number of anilines is 3. The predicted molar refractivity (Wildman–Crippen MR) is 360 cm³/mol. The van der Waals surface area contributed by atoms with E-state index < -0.39 is 0 Å². The van der Waals surface area contributed by atoms with Gasteiger partial charge in [0.2, 0.25) is 0 Å². The summed E-state index contributed by atoms with van der Waals surface area (Å²) < 4.78 is 10.3. The second kappa shape index (κ2) is 18.1. The molecule has 2 aliphatic heterocycles. The second-order valence-electron chi connectivity index (χ2n) is 26.8. The van der Waals surface area contributed by atoms with Gasteiger partial charge in [0.25, 0.3) is 6.71 Å². The molecule has 4 heteroatoms. The van der Waals surface area contributed by atoms with Crippen LogP contribution in [0, 0.1) is 0 Å². The molecule has 3 nitrogen and oxygen atoms in total. The molecule has 12 aromatic carbocycles. The zero-order valence-electron chi connectivity index (χ0n) is 49.3. The fraction of sp³-hybridized carbons (Fsp3) is 0.150. The maximum atomic E-state index is 7.63. The summed E-state index contributed by atoms with van der Waals surface area (Å²) in [6.45, 7) is 20.5. The summed E-state index contributed by atoms with van der Waals surface area (Å²) in [7, 11) is 0. The molecule has 2 aromatic heterocycles. The molecule has 404 valence electrons. The Kier molecular flexibility index (Phi) is 10.8. The molecule has 14 aromatic rings. The van der Waals surface area contributed by atoms with Gasteiger partial charge in [0.15, 0.2) is 0 Å². The van der Waals surface area contributed by atoms with E-state index in [1.54, 1.807) is 0 Å². The van der Waals surface area contributed by atoms with Gasteiger partial charge in [0.05, 0.1) is 22.4 Å². The van der Waals surface area contributed by atoms with Gasteiger partial charge in [-0.2, -0.15) is 0 Å². The number of para-hydroxylation sites is 1. The van der Waals surface area contributed by atoms with Crippen LogP contribution < -0.4 is 21.5 Å². The van der Waals surface area contributed by atoms with Crippen LogP contribution in [0.4, 0.5) is 17.1 Å². The van der Waals surface area contributed by atoms with Gasteiger partial charge in [-0.05, 0) is 170 Å². The van der Waals surface area contributed by atoms with Crippen LogP contribution in [0.2, 0.25) is 0 Å². The maximum Gasteiger partial charge on any atom is 0.297 e. The monoisotopic (exact) mass is 1080 g/mol. The summed E-state index contributed by atoms with van der Waals surface area (Å²) in [6, 6.07) is 87.6. The Balaban J connectivity index is 1.11. The summed E-state index contributed by atoms with van der Waals surface area (Å²) in [6.07, 6.45) is 0. The topological polar surface area (TPSA) is 21.3 Å². The quantitative estimate of drug-likeness (QED) is 0.127. The van der Waals surface area contributed by atoms with Crippen LogP contribution in [0.25, 0.3) is 115 Å². The Morgan fingerprint density at radius 3 is 1.49 bits per heavy atom. The van der Waals surface area contributed by atoms with Crippen molar-refractivity contribution in [1.29, 1.82) is 0 Å². The van der Waals surface area contributed by atoms with Crippen LogP contribution in [-0.4, -0.2) is 11.3 Å². The summed E-state index contributed by atoms with van der Waals surface area (Å²) >= 11 is 0. The van der Waals surface area contributed by atoms with E-state index in [2.05, 4.69) is 302 Å². The predicted octanol–water partition coefficient (Wildman–Crippen LogP) is 20.2. The summed E-state index contributed by atoms with van der Waals surface area (Å²) in [4.78, 5) is 2.58. The fourth-order valence-electron chi connectivity index (χ4n) is 14.4. The zero-order chi connectivity index (χ0) is 57.1. The van der Waals surface area contributed by atoms with Gasteiger partial charge in [-0.3, -0.25) is 0 Å². The van der Waals surface area contributed by atoms with Crippen molar-refractivity contribution in [2.24, 2.45) is 0 Å². The third-order valence-corrected chi connectivity index (χ3v) is 18.6. The molecular formula is C80H65BN2O. The molecule has 0 aliphatic carbocycles. The van der Waals surface area contributed by atoms with Crippen LogP contribution in [0.15, 0.2) is 235 Å². The van der Waals surface area contributed by atoms with Gasteiger partial charge in [0, 0.05) is 38.6 Å². The van der Waals surface area contributed by atoms with Crippen LogP contribution >= 0.6 is 0 Å². The normalized spacial score (nSPS) is 13.2. The number of benzene rings is 12. The van der Waals surface area contributed by atoms with Crippen molar-refractivity contribution in [2.75, 3.05) is 4.90 Å². The molecule has 2 aliphatic rings. The van der Waals surface area contributed by atoms with Gasteiger partial charge in [-0.15, -0.1) is 0 Å². The Morgan fingerprint density at radius 2 is 0.881 bits per heavy atom. The van der Waals surface area contributed by atoms with Crippen molar-refractivity contribution in [1.82, 2.24) is 4.57 Å². The highest BCUT2D eigenvalue weighted by Gasteiger charge is 2.47. The molecule has 0 amide bonds. The SMILES string of the molecule is CC(C)(C)c1ccc(-c2cc(-c3ccccc3)c(-c3cc4c5c(c3)-n3c6ccccc6c6c7c8ccccc8c8ccccc8c7cc(c63)B5c3oc5ccc(C(C)(C)C)cc5c3N4c3ccc(C(C)(C)C)cc3)c(-c3ccccc3)c2)cc1. The zero-order valence-corrected chi connectivity index (χ0v) is 49.3. The van der Waals surface area contributed by atoms with Crippen molar-refractivity contribution in [3.63, 3.8) is 0 Å². The number of rotatable bonds is 5. The summed E-state index contributed by atoms with van der Waals surface area (Å²) in [5.41, 5.74) is 24.4. The van der Waals surface area contributed by atoms with E-state index >= 15 is 0 Å². The van der Waals surface area contributed by atoms with E-state index in [9.17, 15) is 0 Å². The Labute approximate surface area is 492 Å². The van der Waals surface area contributed by atoms with Gasteiger partial charge in [-0.25, -0.2) is 0 Å². The molecule has 0 bridgehead atoms. The minimum Gasteiger partial charge on any atom is -0.468 e. The number of furan rings is 1. The largest absolute Gasteiger partial charge is 0.468 e. The van der Waals surface area contributed by atoms with Crippen LogP contribution in [0.3, 0.4) is 0 Å². The van der Waals surface area contributed by atoms with Crippen molar-refractivity contribution in [3.8, 4) is 50.2 Å². The average molecular weight is 1080 g/mol. The van der Waals surface area contributed by atoms with Crippen LogP contribution in [0.1, 0.15) is 79.0 Å². The lowest BCUT2D eigenvalue weighted by Gasteiger charge is -2.39. The molecule has 84 heavy (non-hydrogen) atoms. The molecule has 4 heterocycles. The Bertz CT molecular complexity index is 4980. The van der Waals surface area contributed by atoms with Gasteiger partial charge in [0.1, 0.15) is 5.58 Å². The second-order valence-corrected chi connectivity index (χ2v) is 26.8. The molecule has 0 fully saturated rings. The smallest absolute Gasteiger partial charge is 0.297 e. The van der Waals surface area contributed by atoms with Crippen molar-refractivity contribution in [3.05, 3.63) is 247 Å². The van der Waals surface area contributed by atoms with Crippen molar-refractivity contribution >= 4 is 105 Å². The molecular weight excluding hydrogens is 1020 g/mol. The Hall–Kier alpha value is -9.38. The lowest BCUT2D eigenvalue weighted by Crippen LogP contribution is -2.60. The third kappa shape index (κ3) is 7.52. The average Bonchev–Trinajstić information content (AvgIpc) is 1.43. The van der Waals surface area contributed by atoms with E-state index in [0.29, 0.717) is 0 Å². The number of hydrogen-bond acceptors (Lipinski definition) is 2. The van der Waals surface area contributed by atoms with Gasteiger partial charge < -0.3 is 13.9 Å². The first-order valence-electron chi connectivity index (χ1n) is 29.9. The molecule has 0 spiro atoms. The highest BCUT2D eigenvalue weighted by Crippen LogP contribution is 2.52. The van der Waals surface area contributed by atoms with E-state index in [0.717, 1.165) is 44.9 Å². The first-order chi connectivity index (χ1) is 40.6. The standard InChI is InChI=1S/C80H65BN2O/c1-78(2,3)53-34-32-48(33-35-53)51-42-62(49-22-12-10-13-23-49)71(63(43-51)50-24-14-11-15-25-50)52-44-68-74-69(45-52)83-67-31-21-20-30-61(67)73-72-60-29-19-18-27-58(60)57-26-16-17-28-59(57)64(72)47-66(76(73)83)81(74)77-75(65-46-55(80(7,8)9)38-41-70(65)84-77)82(68)56-39-36-54(37-40-56)79(4,5)6/h10-47H,1-9H3. The molecule has 0 radical (unpaired) electrons. The Morgan fingerprint density at radius 1 is 0.369 bits per heavy atom. The van der Waals surface area contributed by atoms with E-state index in [-0.39, 0.29) is 23.0 Å². The molecule has 0 N–H and O–H groups in total. The number of hydrogen-bond donors (Lipinski definition) is 0. The number of nitrogens with zero attached hydrogens (tertiary/aromatic N) is 2. The lowest BCUT2D eigenvalue weighted by atomic mass is 9.35. The minimum atomic E-state index is -0.260. The summed E-state index contributed by atoms with van der Waals surface area (Å²) in [5, 5.41) is 11.2. The maximum absolute atomic E-state index is 7.63. The lowest BCUT2D eigenvalue weighted by molar-refractivity contribution is 0.590. The first kappa shape index (κ1) is 50.4. The number of fused-ring (bicyclic) bond motifs is 16. The van der Waals surface area contributed by atoms with Crippen LogP contribution in [-0.2, 0) is 16.2 Å². The van der Waals surface area contributed by atoms with E-state index in [1.807, 2.05) is 0 Å². The van der Waals surface area contributed by atoms with Crippen molar-refractivity contribution < 1.29 is 4.42 Å².